The molecule has 1 aromatic heterocycles. The van der Waals surface area contributed by atoms with Crippen LogP contribution in [-0.2, 0) is 17.2 Å². The molecule has 0 saturated heterocycles. The zero-order valence-corrected chi connectivity index (χ0v) is 21.1. The van der Waals surface area contributed by atoms with E-state index in [0.29, 0.717) is 17.8 Å². The van der Waals surface area contributed by atoms with Gasteiger partial charge in [0.1, 0.15) is 0 Å². The highest BCUT2D eigenvalue weighted by Crippen LogP contribution is 2.23. The van der Waals surface area contributed by atoms with Crippen LogP contribution in [0.5, 0.6) is 0 Å². The second kappa shape index (κ2) is 13.1. The number of rotatable bonds is 8. The third kappa shape index (κ3) is 7.37. The monoisotopic (exact) mass is 543 g/mol. The van der Waals surface area contributed by atoms with Crippen LogP contribution in [0.3, 0.4) is 0 Å². The average molecular weight is 544 g/mol. The smallest absolute Gasteiger partial charge is 0.191 e. The Morgan fingerprint density at radius 2 is 2.07 bits per heavy atom. The van der Waals surface area contributed by atoms with Gasteiger partial charge in [-0.1, -0.05) is 31.5 Å². The van der Waals surface area contributed by atoms with E-state index in [4.69, 9.17) is 4.99 Å². The fourth-order valence-electron chi connectivity index (χ4n) is 3.77. The summed E-state index contributed by atoms with van der Waals surface area (Å²) in [6, 6.07) is 10.5. The maximum atomic E-state index is 12.2. The topological polar surface area (TPSA) is 71.3 Å². The van der Waals surface area contributed by atoms with E-state index in [1.807, 2.05) is 48.1 Å². The Balaban J connectivity index is 0.00000320. The van der Waals surface area contributed by atoms with Crippen molar-refractivity contribution < 1.29 is 4.21 Å². The van der Waals surface area contributed by atoms with Crippen molar-refractivity contribution in [2.45, 2.75) is 57.2 Å². The standard InChI is InChI=1S/C22H33N5OS.HI/c1-3-23-22(26-19-9-8-12-21(15-19)29(28)4-2)24-14-13-18-16-25-27(17-18)20-10-6-5-7-11-20;/h5-7,10-11,16-17,19,21H,3-4,8-9,12-15H2,1-2H3,(H2,23,24,26);1H. The van der Waals surface area contributed by atoms with Crippen LogP contribution in [0.25, 0.3) is 5.69 Å². The highest BCUT2D eigenvalue weighted by molar-refractivity contribution is 14.0. The third-order valence-corrected chi connectivity index (χ3v) is 7.04. The number of hydrogen-bond donors (Lipinski definition) is 2. The Morgan fingerprint density at radius 3 is 2.80 bits per heavy atom. The summed E-state index contributed by atoms with van der Waals surface area (Å²) in [6.07, 6.45) is 9.12. The summed E-state index contributed by atoms with van der Waals surface area (Å²) in [5.74, 6) is 1.61. The molecule has 3 unspecified atom stereocenters. The zero-order chi connectivity index (χ0) is 20.5. The van der Waals surface area contributed by atoms with Gasteiger partial charge < -0.3 is 10.6 Å². The lowest BCUT2D eigenvalue weighted by atomic mass is 9.95. The minimum absolute atomic E-state index is 0. The first-order chi connectivity index (χ1) is 14.2. The Morgan fingerprint density at radius 1 is 1.27 bits per heavy atom. The van der Waals surface area contributed by atoms with Gasteiger partial charge in [0.2, 0.25) is 0 Å². The van der Waals surface area contributed by atoms with Gasteiger partial charge in [-0.05, 0) is 50.3 Å². The highest BCUT2D eigenvalue weighted by Gasteiger charge is 2.26. The van der Waals surface area contributed by atoms with Crippen molar-refractivity contribution in [2.75, 3.05) is 18.8 Å². The Labute approximate surface area is 199 Å². The van der Waals surface area contributed by atoms with Gasteiger partial charge in [-0.2, -0.15) is 5.10 Å². The van der Waals surface area contributed by atoms with Gasteiger partial charge in [0.15, 0.2) is 5.96 Å². The molecule has 2 N–H and O–H groups in total. The number of aromatic nitrogens is 2. The van der Waals surface area contributed by atoms with E-state index < -0.39 is 10.8 Å². The van der Waals surface area contributed by atoms with Crippen molar-refractivity contribution >= 4 is 40.7 Å². The molecular formula is C22H34IN5OS. The van der Waals surface area contributed by atoms with Crippen molar-refractivity contribution in [3.63, 3.8) is 0 Å². The van der Waals surface area contributed by atoms with Crippen molar-refractivity contribution in [1.82, 2.24) is 20.4 Å². The minimum Gasteiger partial charge on any atom is -0.357 e. The molecule has 1 saturated carbocycles. The summed E-state index contributed by atoms with van der Waals surface area (Å²) in [5.41, 5.74) is 2.23. The first kappa shape index (κ1) is 24.8. The normalized spacial score (nSPS) is 20.3. The molecular weight excluding hydrogens is 509 g/mol. The van der Waals surface area contributed by atoms with E-state index in [1.54, 1.807) is 0 Å². The molecule has 8 heteroatoms. The predicted octanol–water partition coefficient (Wildman–Crippen LogP) is 3.67. The van der Waals surface area contributed by atoms with Crippen LogP contribution in [0, 0.1) is 0 Å². The van der Waals surface area contributed by atoms with Crippen LogP contribution in [-0.4, -0.2) is 50.1 Å². The van der Waals surface area contributed by atoms with Gasteiger partial charge in [-0.3, -0.25) is 9.20 Å². The molecule has 2 aromatic rings. The van der Waals surface area contributed by atoms with Crippen LogP contribution in [0.2, 0.25) is 0 Å². The summed E-state index contributed by atoms with van der Waals surface area (Å²) >= 11 is 0. The van der Waals surface area contributed by atoms with Crippen LogP contribution < -0.4 is 10.6 Å². The van der Waals surface area contributed by atoms with Gasteiger partial charge in [0.25, 0.3) is 0 Å². The average Bonchev–Trinajstić information content (AvgIpc) is 3.23. The second-order valence-electron chi connectivity index (χ2n) is 7.44. The molecule has 1 fully saturated rings. The lowest BCUT2D eigenvalue weighted by Gasteiger charge is -2.30. The molecule has 0 spiro atoms. The molecule has 6 nitrogen and oxygen atoms in total. The molecule has 1 aliphatic carbocycles. The number of nitrogens with zero attached hydrogens (tertiary/aromatic N) is 3. The van der Waals surface area contributed by atoms with Crippen molar-refractivity contribution in [1.29, 1.82) is 0 Å². The number of hydrogen-bond acceptors (Lipinski definition) is 3. The molecule has 0 aliphatic heterocycles. The quantitative estimate of drug-likeness (QED) is 0.303. The van der Waals surface area contributed by atoms with Gasteiger partial charge in [0.05, 0.1) is 11.9 Å². The summed E-state index contributed by atoms with van der Waals surface area (Å²) in [4.78, 5) is 4.76. The maximum Gasteiger partial charge on any atom is 0.191 e. The van der Waals surface area contributed by atoms with Crippen molar-refractivity contribution in [2.24, 2.45) is 4.99 Å². The highest BCUT2D eigenvalue weighted by atomic mass is 127. The summed E-state index contributed by atoms with van der Waals surface area (Å²) in [6.45, 7) is 5.62. The molecule has 166 valence electrons. The molecule has 1 aliphatic rings. The van der Waals surface area contributed by atoms with Gasteiger partial charge in [0, 0.05) is 47.1 Å². The number of nitrogens with one attached hydrogen (secondary N) is 2. The van der Waals surface area contributed by atoms with E-state index in [2.05, 4.69) is 28.9 Å². The fraction of sp³-hybridized carbons (Fsp3) is 0.545. The number of benzene rings is 1. The SMILES string of the molecule is CCNC(=NCCc1cnn(-c2ccccc2)c1)NC1CCCC(S(=O)CC)C1.I. The van der Waals surface area contributed by atoms with Crippen LogP contribution >= 0.6 is 24.0 Å². The second-order valence-corrected chi connectivity index (χ2v) is 9.44. The fourth-order valence-corrected chi connectivity index (χ4v) is 5.12. The summed E-state index contributed by atoms with van der Waals surface area (Å²) < 4.78 is 14.1. The Kier molecular flexibility index (Phi) is 10.8. The minimum atomic E-state index is -0.706. The van der Waals surface area contributed by atoms with Gasteiger partial charge >= 0.3 is 0 Å². The Bertz CT molecular complexity index is 811. The molecule has 30 heavy (non-hydrogen) atoms. The van der Waals surface area contributed by atoms with Gasteiger partial charge in [-0.15, -0.1) is 24.0 Å². The third-order valence-electron chi connectivity index (χ3n) is 5.29. The molecule has 1 heterocycles. The summed E-state index contributed by atoms with van der Waals surface area (Å²) in [7, 11) is -0.706. The first-order valence-corrected chi connectivity index (χ1v) is 12.1. The van der Waals surface area contributed by atoms with Crippen LogP contribution in [0.4, 0.5) is 0 Å². The first-order valence-electron chi connectivity index (χ1n) is 10.7. The van der Waals surface area contributed by atoms with E-state index in [0.717, 1.165) is 56.0 Å². The van der Waals surface area contributed by atoms with Crippen LogP contribution in [0.1, 0.15) is 45.1 Å². The molecule has 0 bridgehead atoms. The zero-order valence-electron chi connectivity index (χ0n) is 17.9. The maximum absolute atomic E-state index is 12.2. The van der Waals surface area contributed by atoms with E-state index in [-0.39, 0.29) is 24.0 Å². The largest absolute Gasteiger partial charge is 0.357 e. The van der Waals surface area contributed by atoms with Gasteiger partial charge in [-0.25, -0.2) is 4.68 Å². The number of aliphatic imine (C=N–C) groups is 1. The molecule has 1 aromatic carbocycles. The summed E-state index contributed by atoms with van der Waals surface area (Å²) in [5, 5.41) is 11.7. The number of halogens is 1. The molecule has 3 rings (SSSR count). The lowest BCUT2D eigenvalue weighted by Crippen LogP contribution is -2.46. The van der Waals surface area contributed by atoms with E-state index in [1.165, 1.54) is 5.56 Å². The van der Waals surface area contributed by atoms with Crippen molar-refractivity contribution in [3.05, 3.63) is 48.3 Å². The predicted molar refractivity (Wildman–Crippen MR) is 137 cm³/mol. The molecule has 0 radical (unpaired) electrons. The van der Waals surface area contributed by atoms with Crippen molar-refractivity contribution in [3.8, 4) is 5.69 Å². The Hall–Kier alpha value is -1.42. The van der Waals surface area contributed by atoms with E-state index >= 15 is 0 Å². The number of guanidine groups is 1. The van der Waals surface area contributed by atoms with Crippen LogP contribution in [0.15, 0.2) is 47.7 Å². The molecule has 3 atom stereocenters. The van der Waals surface area contributed by atoms with E-state index in [9.17, 15) is 4.21 Å². The number of para-hydroxylation sites is 1. The molecule has 0 amide bonds. The lowest BCUT2D eigenvalue weighted by molar-refractivity contribution is 0.413.